The van der Waals surface area contributed by atoms with Crippen LogP contribution in [0.2, 0.25) is 0 Å². The zero-order valence-electron chi connectivity index (χ0n) is 18.0. The van der Waals surface area contributed by atoms with Gasteiger partial charge in [-0.3, -0.25) is 0 Å². The molecule has 4 heterocycles. The molecule has 8 heteroatoms. The van der Waals surface area contributed by atoms with Crippen LogP contribution in [-0.4, -0.2) is 53.1 Å². The van der Waals surface area contributed by atoms with Gasteiger partial charge in [0.1, 0.15) is 11.6 Å². The minimum absolute atomic E-state index is 0.571. The molecular formula is C24H25N7S. The van der Waals surface area contributed by atoms with Crippen LogP contribution < -0.4 is 16.0 Å². The van der Waals surface area contributed by atoms with Gasteiger partial charge in [0.15, 0.2) is 5.13 Å². The predicted molar refractivity (Wildman–Crippen MR) is 134 cm³/mol. The maximum atomic E-state index is 5.80. The average molecular weight is 444 g/mol. The van der Waals surface area contributed by atoms with Gasteiger partial charge in [-0.1, -0.05) is 30.0 Å². The first-order chi connectivity index (χ1) is 15.5. The molecule has 0 atom stereocenters. The van der Waals surface area contributed by atoms with Gasteiger partial charge in [-0.05, 0) is 42.3 Å². The Kier molecular flexibility index (Phi) is 5.46. The molecule has 0 amide bonds. The minimum atomic E-state index is 0.571. The van der Waals surface area contributed by atoms with Crippen molar-refractivity contribution in [1.29, 1.82) is 0 Å². The van der Waals surface area contributed by atoms with E-state index in [4.69, 9.17) is 5.73 Å². The number of piperazine rings is 1. The summed E-state index contributed by atoms with van der Waals surface area (Å²) in [6.07, 6.45) is 5.53. The number of aromatic nitrogens is 3. The average Bonchev–Trinajstić information content (AvgIpc) is 3.25. The Morgan fingerprint density at radius 1 is 1.00 bits per heavy atom. The molecule has 3 N–H and O–H groups in total. The van der Waals surface area contributed by atoms with Gasteiger partial charge in [0.25, 0.3) is 0 Å². The first-order valence-corrected chi connectivity index (χ1v) is 11.3. The number of hydrogen-bond acceptors (Lipinski definition) is 8. The third kappa shape index (κ3) is 4.28. The summed E-state index contributed by atoms with van der Waals surface area (Å²) in [4.78, 5) is 19.0. The van der Waals surface area contributed by atoms with E-state index < -0.39 is 0 Å². The number of nitrogens with one attached hydrogen (secondary N) is 1. The Balaban J connectivity index is 1.36. The predicted octanol–water partition coefficient (Wildman–Crippen LogP) is 4.17. The van der Waals surface area contributed by atoms with E-state index in [2.05, 4.69) is 68.0 Å². The highest BCUT2D eigenvalue weighted by molar-refractivity contribution is 7.18. The number of benzene rings is 1. The monoisotopic (exact) mass is 443 g/mol. The van der Waals surface area contributed by atoms with E-state index in [9.17, 15) is 0 Å². The Hall–Kier alpha value is -3.49. The Bertz CT molecular complexity index is 1270. The second-order valence-electron chi connectivity index (χ2n) is 7.99. The minimum Gasteiger partial charge on any atom is -0.375 e. The third-order valence-electron chi connectivity index (χ3n) is 5.73. The number of thiazole rings is 1. The van der Waals surface area contributed by atoms with Gasteiger partial charge in [-0.25, -0.2) is 15.0 Å². The molecule has 1 aliphatic heterocycles. The molecule has 0 unspecified atom stereocenters. The van der Waals surface area contributed by atoms with E-state index in [0.29, 0.717) is 5.13 Å². The molecule has 7 nitrogen and oxygen atoms in total. The van der Waals surface area contributed by atoms with Crippen LogP contribution in [0, 0.1) is 0 Å². The third-order valence-corrected chi connectivity index (χ3v) is 6.61. The topological polar surface area (TPSA) is 83.2 Å². The van der Waals surface area contributed by atoms with Gasteiger partial charge in [-0.2, -0.15) is 0 Å². The normalized spacial score (nSPS) is 14.6. The van der Waals surface area contributed by atoms with E-state index in [1.807, 2.05) is 30.7 Å². The van der Waals surface area contributed by atoms with Gasteiger partial charge in [0, 0.05) is 61.4 Å². The summed E-state index contributed by atoms with van der Waals surface area (Å²) in [5, 5.41) is 6.10. The van der Waals surface area contributed by atoms with Crippen molar-refractivity contribution in [2.24, 2.45) is 0 Å². The molecule has 1 aromatic carbocycles. The van der Waals surface area contributed by atoms with E-state index >= 15 is 0 Å². The Morgan fingerprint density at radius 3 is 2.62 bits per heavy atom. The Labute approximate surface area is 191 Å². The fourth-order valence-corrected chi connectivity index (χ4v) is 4.51. The number of rotatable bonds is 5. The molecular weight excluding hydrogens is 418 g/mol. The van der Waals surface area contributed by atoms with Gasteiger partial charge in [0.05, 0.1) is 4.88 Å². The van der Waals surface area contributed by atoms with Crippen molar-refractivity contribution in [2.75, 3.05) is 49.2 Å². The molecule has 4 aromatic rings. The molecule has 0 saturated carbocycles. The van der Waals surface area contributed by atoms with Crippen molar-refractivity contribution in [3.63, 3.8) is 0 Å². The number of nitrogens with two attached hydrogens (primary N) is 1. The molecule has 0 spiro atoms. The molecule has 0 aliphatic carbocycles. The van der Waals surface area contributed by atoms with Gasteiger partial charge in [-0.15, -0.1) is 0 Å². The second-order valence-corrected chi connectivity index (χ2v) is 9.05. The highest BCUT2D eigenvalue weighted by atomic mass is 32.1. The number of fused-ring (bicyclic) bond motifs is 1. The number of nitrogen functional groups attached to an aromatic ring is 1. The summed E-state index contributed by atoms with van der Waals surface area (Å²) in [6.45, 7) is 8.29. The van der Waals surface area contributed by atoms with Crippen LogP contribution in [0.5, 0.6) is 0 Å². The van der Waals surface area contributed by atoms with Crippen LogP contribution >= 0.6 is 11.3 Å². The quantitative estimate of drug-likeness (QED) is 0.479. The molecule has 1 saturated heterocycles. The van der Waals surface area contributed by atoms with Crippen molar-refractivity contribution < 1.29 is 0 Å². The molecule has 32 heavy (non-hydrogen) atoms. The largest absolute Gasteiger partial charge is 0.375 e. The maximum absolute atomic E-state index is 5.80. The van der Waals surface area contributed by atoms with E-state index in [1.165, 1.54) is 11.3 Å². The second kappa shape index (κ2) is 8.57. The summed E-state index contributed by atoms with van der Waals surface area (Å²) in [7, 11) is 2.15. The lowest BCUT2D eigenvalue weighted by Gasteiger charge is -2.33. The standard InChI is InChI=1S/C24H25N7S/c1-16(17-5-6-26-23(13-17)31-9-7-30(2)8-10-31)29-22-12-20-11-18(3-4-19(20)14-27-22)21-15-28-24(25)32-21/h3-6,11-15H,1,7-10H2,2H3,(H2,25,28)(H,27,29). The molecule has 5 rings (SSSR count). The molecule has 0 bridgehead atoms. The zero-order valence-corrected chi connectivity index (χ0v) is 18.8. The fraction of sp³-hybridized carbons (Fsp3) is 0.208. The zero-order chi connectivity index (χ0) is 22.1. The Morgan fingerprint density at radius 2 is 1.84 bits per heavy atom. The number of likely N-dealkylation sites (N-methyl/N-ethyl adjacent to an activating group) is 1. The highest BCUT2D eigenvalue weighted by Crippen LogP contribution is 2.30. The van der Waals surface area contributed by atoms with Crippen LogP contribution in [0.3, 0.4) is 0 Å². The van der Waals surface area contributed by atoms with Gasteiger partial charge in [0.2, 0.25) is 0 Å². The van der Waals surface area contributed by atoms with Gasteiger partial charge >= 0.3 is 0 Å². The van der Waals surface area contributed by atoms with Crippen LogP contribution in [0.4, 0.5) is 16.8 Å². The lowest BCUT2D eigenvalue weighted by molar-refractivity contribution is 0.312. The number of anilines is 3. The van der Waals surface area contributed by atoms with Crippen LogP contribution in [0.25, 0.3) is 26.9 Å². The van der Waals surface area contributed by atoms with Crippen molar-refractivity contribution in [3.8, 4) is 10.4 Å². The molecule has 3 aromatic heterocycles. The summed E-state index contributed by atoms with van der Waals surface area (Å²) in [6, 6.07) is 12.4. The van der Waals surface area contributed by atoms with Crippen molar-refractivity contribution in [1.82, 2.24) is 19.9 Å². The fourth-order valence-electron chi connectivity index (χ4n) is 3.83. The number of pyridine rings is 2. The molecule has 1 aliphatic rings. The highest BCUT2D eigenvalue weighted by Gasteiger charge is 2.16. The van der Waals surface area contributed by atoms with E-state index in [1.54, 1.807) is 0 Å². The lowest BCUT2D eigenvalue weighted by Crippen LogP contribution is -2.44. The number of hydrogen-bond donors (Lipinski definition) is 2. The summed E-state index contributed by atoms with van der Waals surface area (Å²) >= 11 is 1.48. The first-order valence-electron chi connectivity index (χ1n) is 10.5. The first kappa shape index (κ1) is 20.4. The van der Waals surface area contributed by atoms with Crippen molar-refractivity contribution >= 4 is 44.6 Å². The van der Waals surface area contributed by atoms with E-state index in [-0.39, 0.29) is 0 Å². The molecule has 162 valence electrons. The van der Waals surface area contributed by atoms with Crippen molar-refractivity contribution in [2.45, 2.75) is 0 Å². The van der Waals surface area contributed by atoms with Crippen molar-refractivity contribution in [3.05, 3.63) is 67.1 Å². The van der Waals surface area contributed by atoms with Crippen LogP contribution in [0.15, 0.2) is 61.6 Å². The molecule has 0 radical (unpaired) electrons. The molecule has 1 fully saturated rings. The number of nitrogens with zero attached hydrogens (tertiary/aromatic N) is 5. The summed E-state index contributed by atoms with van der Waals surface area (Å²) in [5.74, 6) is 1.74. The lowest BCUT2D eigenvalue weighted by atomic mass is 10.1. The van der Waals surface area contributed by atoms with Crippen LogP contribution in [0.1, 0.15) is 5.56 Å². The summed E-state index contributed by atoms with van der Waals surface area (Å²) in [5.41, 5.74) is 8.68. The summed E-state index contributed by atoms with van der Waals surface area (Å²) < 4.78 is 0. The van der Waals surface area contributed by atoms with Crippen LogP contribution in [-0.2, 0) is 0 Å². The van der Waals surface area contributed by atoms with E-state index in [0.717, 1.165) is 70.3 Å². The van der Waals surface area contributed by atoms with Gasteiger partial charge < -0.3 is 20.9 Å². The smallest absolute Gasteiger partial charge is 0.180 e. The SMILES string of the molecule is C=C(Nc1cc2cc(-c3cnc(N)s3)ccc2cn1)c1ccnc(N2CCN(C)CC2)c1. The maximum Gasteiger partial charge on any atom is 0.180 e.